The molecular formula is C18H26F3NO6S. The van der Waals surface area contributed by atoms with Crippen LogP contribution in [-0.4, -0.2) is 64.3 Å². The Morgan fingerprint density at radius 1 is 1.10 bits per heavy atom. The number of amides is 1. The number of alkyl halides is 3. The van der Waals surface area contributed by atoms with E-state index in [0.29, 0.717) is 0 Å². The van der Waals surface area contributed by atoms with Crippen LogP contribution in [0.2, 0.25) is 0 Å². The number of ether oxygens (including phenoxy) is 2. The van der Waals surface area contributed by atoms with E-state index < -0.39 is 21.9 Å². The number of halogens is 3. The normalized spacial score (nSPS) is 13.4. The highest BCUT2D eigenvalue weighted by Crippen LogP contribution is 2.21. The lowest BCUT2D eigenvalue weighted by atomic mass is 9.99. The van der Waals surface area contributed by atoms with Crippen molar-refractivity contribution >= 4 is 15.7 Å². The quantitative estimate of drug-likeness (QED) is 0.482. The Balaban J connectivity index is 2.33. The summed E-state index contributed by atoms with van der Waals surface area (Å²) in [6, 6.07) is 5.30. The van der Waals surface area contributed by atoms with Crippen LogP contribution in [0.3, 0.4) is 0 Å². The average Bonchev–Trinajstić information content (AvgIpc) is 2.62. The van der Waals surface area contributed by atoms with Gasteiger partial charge in [0.2, 0.25) is 0 Å². The van der Waals surface area contributed by atoms with Gasteiger partial charge in [0.1, 0.15) is 5.75 Å². The molecule has 29 heavy (non-hydrogen) atoms. The third-order valence-electron chi connectivity index (χ3n) is 4.07. The van der Waals surface area contributed by atoms with Gasteiger partial charge in [-0.2, -0.15) is 13.2 Å². The number of carbonyl (C=O) groups is 1. The molecule has 2 N–H and O–H groups in total. The Morgan fingerprint density at radius 3 is 2.24 bits per heavy atom. The molecule has 0 saturated carbocycles. The van der Waals surface area contributed by atoms with E-state index in [2.05, 4.69) is 0 Å². The van der Waals surface area contributed by atoms with Crippen molar-refractivity contribution in [3.63, 3.8) is 0 Å². The molecule has 0 fully saturated rings. The van der Waals surface area contributed by atoms with Crippen LogP contribution in [0.1, 0.15) is 13.8 Å². The molecule has 1 rings (SSSR count). The Hall–Kier alpha value is -1.85. The van der Waals surface area contributed by atoms with Gasteiger partial charge < -0.3 is 19.9 Å². The number of phenols is 1. The number of hydrogen-bond acceptors (Lipinski definition) is 6. The fourth-order valence-corrected chi connectivity index (χ4v) is 4.04. The van der Waals surface area contributed by atoms with Crippen molar-refractivity contribution in [2.24, 2.45) is 11.8 Å². The van der Waals surface area contributed by atoms with Crippen LogP contribution in [0, 0.1) is 11.8 Å². The van der Waals surface area contributed by atoms with E-state index in [-0.39, 0.29) is 61.2 Å². The van der Waals surface area contributed by atoms with E-state index in [1.165, 1.54) is 24.3 Å². The van der Waals surface area contributed by atoms with Crippen molar-refractivity contribution in [2.45, 2.75) is 24.9 Å². The van der Waals surface area contributed by atoms with Crippen LogP contribution in [-0.2, 0) is 24.1 Å². The largest absolute Gasteiger partial charge is 0.508 e. The second kappa shape index (κ2) is 11.4. The fourth-order valence-electron chi connectivity index (χ4n) is 2.26. The molecule has 0 aliphatic carbocycles. The first kappa shape index (κ1) is 25.2. The summed E-state index contributed by atoms with van der Waals surface area (Å²) in [5.41, 5.74) is 0. The van der Waals surface area contributed by atoms with Gasteiger partial charge in [-0.05, 0) is 36.1 Å². The molecule has 0 aromatic heterocycles. The second-order valence-corrected chi connectivity index (χ2v) is 8.75. The van der Waals surface area contributed by atoms with Crippen molar-refractivity contribution in [3.05, 3.63) is 24.3 Å². The molecule has 1 atom stereocenters. The van der Waals surface area contributed by atoms with E-state index in [0.717, 1.165) is 0 Å². The SMILES string of the molecule is CC(C)[C@@H](COCCOCCNC(=O)C(F)(F)F)CS(=O)(=O)c1ccc(O)cc1. The summed E-state index contributed by atoms with van der Waals surface area (Å²) in [5.74, 6) is -2.42. The lowest BCUT2D eigenvalue weighted by Gasteiger charge is -2.21. The Kier molecular flexibility index (Phi) is 9.87. The maximum Gasteiger partial charge on any atom is 0.471 e. The predicted octanol–water partition coefficient (Wildman–Crippen LogP) is 2.15. The van der Waals surface area contributed by atoms with Crippen molar-refractivity contribution in [1.82, 2.24) is 5.32 Å². The van der Waals surface area contributed by atoms with E-state index in [1.54, 1.807) is 5.32 Å². The molecule has 0 aliphatic rings. The topological polar surface area (TPSA) is 102 Å². The van der Waals surface area contributed by atoms with E-state index >= 15 is 0 Å². The van der Waals surface area contributed by atoms with E-state index in [1.807, 2.05) is 13.8 Å². The third kappa shape index (κ3) is 9.46. The van der Waals surface area contributed by atoms with Crippen molar-refractivity contribution in [2.75, 3.05) is 38.7 Å². The molecule has 7 nitrogen and oxygen atoms in total. The lowest BCUT2D eigenvalue weighted by Crippen LogP contribution is -2.38. The van der Waals surface area contributed by atoms with E-state index in [9.17, 15) is 31.5 Å². The fraction of sp³-hybridized carbons (Fsp3) is 0.611. The summed E-state index contributed by atoms with van der Waals surface area (Å²) in [7, 11) is -3.55. The highest BCUT2D eigenvalue weighted by Gasteiger charge is 2.38. The number of sulfone groups is 1. The molecule has 0 spiro atoms. The monoisotopic (exact) mass is 441 g/mol. The molecule has 0 radical (unpaired) electrons. The van der Waals surface area contributed by atoms with Gasteiger partial charge in [-0.1, -0.05) is 13.8 Å². The molecule has 0 bridgehead atoms. The van der Waals surface area contributed by atoms with Gasteiger partial charge in [-0.25, -0.2) is 8.42 Å². The molecule has 1 amide bonds. The zero-order valence-corrected chi connectivity index (χ0v) is 17.1. The first-order valence-corrected chi connectivity index (χ1v) is 10.6. The molecule has 0 heterocycles. The number of hydrogen-bond donors (Lipinski definition) is 2. The first-order chi connectivity index (χ1) is 13.4. The minimum atomic E-state index is -4.92. The van der Waals surface area contributed by atoms with Gasteiger partial charge in [0.15, 0.2) is 9.84 Å². The maximum atomic E-state index is 12.5. The van der Waals surface area contributed by atoms with Crippen molar-refractivity contribution in [1.29, 1.82) is 0 Å². The molecular weight excluding hydrogens is 415 g/mol. The van der Waals surface area contributed by atoms with Gasteiger partial charge in [0.25, 0.3) is 0 Å². The van der Waals surface area contributed by atoms with E-state index in [4.69, 9.17) is 9.47 Å². The van der Waals surface area contributed by atoms with Gasteiger partial charge >= 0.3 is 12.1 Å². The van der Waals surface area contributed by atoms with Crippen molar-refractivity contribution < 1.29 is 41.0 Å². The van der Waals surface area contributed by atoms with Crippen molar-refractivity contribution in [3.8, 4) is 5.75 Å². The zero-order valence-electron chi connectivity index (χ0n) is 16.2. The highest BCUT2D eigenvalue weighted by atomic mass is 32.2. The number of nitrogens with one attached hydrogen (secondary N) is 1. The van der Waals surface area contributed by atoms with Crippen LogP contribution in [0.25, 0.3) is 0 Å². The van der Waals surface area contributed by atoms with Crippen LogP contribution >= 0.6 is 0 Å². The standard InChI is InChI=1S/C18H26F3NO6S/c1-13(2)14(12-29(25,26)16-5-3-15(23)4-6-16)11-28-10-9-27-8-7-22-17(24)18(19,20)21/h3-6,13-14,23H,7-12H2,1-2H3,(H,22,24)/t14-/m0/s1. The summed E-state index contributed by atoms with van der Waals surface area (Å²) in [4.78, 5) is 10.7. The third-order valence-corrected chi connectivity index (χ3v) is 5.92. The van der Waals surface area contributed by atoms with Gasteiger partial charge in [0.05, 0.1) is 37.1 Å². The molecule has 0 saturated heterocycles. The van der Waals surface area contributed by atoms with Crippen LogP contribution in [0.15, 0.2) is 29.2 Å². The number of rotatable bonds is 12. The summed E-state index contributed by atoms with van der Waals surface area (Å²) in [6.45, 7) is 3.77. The minimum Gasteiger partial charge on any atom is -0.508 e. The van der Waals surface area contributed by atoms with Crippen LogP contribution in [0.4, 0.5) is 13.2 Å². The van der Waals surface area contributed by atoms with Gasteiger partial charge in [0, 0.05) is 6.54 Å². The first-order valence-electron chi connectivity index (χ1n) is 8.95. The summed E-state index contributed by atoms with van der Waals surface area (Å²) in [5, 5.41) is 11.0. The minimum absolute atomic E-state index is 0.0225. The number of phenolic OH excluding ortho intramolecular Hbond substituents is 1. The molecule has 1 aromatic rings. The molecule has 166 valence electrons. The summed E-state index contributed by atoms with van der Waals surface area (Å²) < 4.78 is 71.5. The number of aromatic hydroxyl groups is 1. The van der Waals surface area contributed by atoms with Crippen LogP contribution < -0.4 is 5.32 Å². The smallest absolute Gasteiger partial charge is 0.471 e. The zero-order chi connectivity index (χ0) is 22.1. The number of benzene rings is 1. The van der Waals surface area contributed by atoms with Gasteiger partial charge in [-0.15, -0.1) is 0 Å². The van der Waals surface area contributed by atoms with Crippen LogP contribution in [0.5, 0.6) is 5.75 Å². The average molecular weight is 441 g/mol. The highest BCUT2D eigenvalue weighted by molar-refractivity contribution is 7.91. The maximum absolute atomic E-state index is 12.5. The predicted molar refractivity (Wildman–Crippen MR) is 99.2 cm³/mol. The summed E-state index contributed by atoms with van der Waals surface area (Å²) in [6.07, 6.45) is -4.92. The Bertz CT molecular complexity index is 735. The second-order valence-electron chi connectivity index (χ2n) is 6.72. The van der Waals surface area contributed by atoms with Gasteiger partial charge in [-0.3, -0.25) is 4.79 Å². The number of carbonyl (C=O) groups excluding carboxylic acids is 1. The molecule has 11 heteroatoms. The molecule has 0 unspecified atom stereocenters. The summed E-state index contributed by atoms with van der Waals surface area (Å²) >= 11 is 0. The molecule has 1 aromatic carbocycles. The lowest BCUT2D eigenvalue weighted by molar-refractivity contribution is -0.173. The Labute approximate surface area is 168 Å². The Morgan fingerprint density at radius 2 is 1.69 bits per heavy atom. The molecule has 0 aliphatic heterocycles.